The Morgan fingerprint density at radius 1 is 1.12 bits per heavy atom. The van der Waals surface area contributed by atoms with Gasteiger partial charge in [-0.15, -0.1) is 0 Å². The first kappa shape index (κ1) is 19.5. The average molecular weight is 346 g/mol. The number of rotatable bonds is 10. The van der Waals surface area contributed by atoms with E-state index in [4.69, 9.17) is 4.74 Å². The monoisotopic (exact) mass is 345 g/mol. The molecular weight excluding hydrogens is 312 g/mol. The predicted octanol–water partition coefficient (Wildman–Crippen LogP) is 3.22. The Bertz CT molecular complexity index is 736. The van der Waals surface area contributed by atoms with Crippen LogP contribution in [-0.2, 0) is 6.54 Å². The van der Waals surface area contributed by atoms with Gasteiger partial charge in [-0.1, -0.05) is 26.7 Å². The predicted molar refractivity (Wildman–Crippen MR) is 105 cm³/mol. The van der Waals surface area contributed by atoms with Gasteiger partial charge in [-0.2, -0.15) is 0 Å². The van der Waals surface area contributed by atoms with Crippen molar-refractivity contribution in [1.29, 1.82) is 0 Å². The van der Waals surface area contributed by atoms with Crippen molar-refractivity contribution >= 4 is 10.9 Å². The lowest BCUT2D eigenvalue weighted by Gasteiger charge is -2.18. The number of aromatic amines is 1. The van der Waals surface area contributed by atoms with Crippen molar-refractivity contribution in [3.63, 3.8) is 0 Å². The molecule has 1 heterocycles. The summed E-state index contributed by atoms with van der Waals surface area (Å²) < 4.78 is 5.78. The van der Waals surface area contributed by atoms with Gasteiger partial charge < -0.3 is 14.6 Å². The highest BCUT2D eigenvalue weighted by molar-refractivity contribution is 5.81. The highest BCUT2D eigenvalue weighted by atomic mass is 16.5. The number of quaternary nitrogens is 1. The van der Waals surface area contributed by atoms with Gasteiger partial charge in [0.1, 0.15) is 12.3 Å². The Hall–Kier alpha value is -1.81. The quantitative estimate of drug-likeness (QED) is 0.650. The fourth-order valence-electron chi connectivity index (χ4n) is 3.13. The van der Waals surface area contributed by atoms with E-state index in [0.717, 1.165) is 60.4 Å². The second kappa shape index (κ2) is 9.62. The van der Waals surface area contributed by atoms with Crippen LogP contribution in [0.4, 0.5) is 0 Å². The van der Waals surface area contributed by atoms with Gasteiger partial charge >= 0.3 is 0 Å². The molecule has 0 aliphatic rings. The second-order valence-electron chi connectivity index (χ2n) is 6.85. The smallest absolute Gasteiger partial charge is 0.198 e. The van der Waals surface area contributed by atoms with E-state index in [-0.39, 0.29) is 5.43 Å². The minimum absolute atomic E-state index is 0.148. The first-order valence-electron chi connectivity index (χ1n) is 9.72. The summed E-state index contributed by atoms with van der Waals surface area (Å²) in [7, 11) is 0. The number of pyridine rings is 1. The third-order valence-electron chi connectivity index (χ3n) is 4.86. The summed E-state index contributed by atoms with van der Waals surface area (Å²) >= 11 is 0. The topological polar surface area (TPSA) is 46.5 Å². The van der Waals surface area contributed by atoms with E-state index in [1.807, 2.05) is 25.1 Å². The van der Waals surface area contributed by atoms with Crippen LogP contribution in [0.2, 0.25) is 0 Å². The van der Waals surface area contributed by atoms with Crippen LogP contribution in [0.1, 0.15) is 57.7 Å². The maximum atomic E-state index is 13.1. The Balaban J connectivity index is 2.31. The van der Waals surface area contributed by atoms with E-state index in [1.165, 1.54) is 17.7 Å². The molecule has 4 heteroatoms. The number of aromatic nitrogens is 1. The van der Waals surface area contributed by atoms with Crippen LogP contribution >= 0.6 is 0 Å². The van der Waals surface area contributed by atoms with Gasteiger partial charge in [0.15, 0.2) is 5.43 Å². The van der Waals surface area contributed by atoms with E-state index in [2.05, 4.69) is 25.8 Å². The number of unbranched alkanes of at least 4 members (excludes halogenated alkanes) is 2. The van der Waals surface area contributed by atoms with E-state index in [1.54, 1.807) is 0 Å². The molecule has 0 aliphatic heterocycles. The highest BCUT2D eigenvalue weighted by Crippen LogP contribution is 2.18. The fraction of sp³-hybridized carbons (Fsp3) is 0.571. The molecule has 1 unspecified atom stereocenters. The molecular formula is C21H33N2O2+. The Labute approximate surface area is 151 Å². The molecule has 138 valence electrons. The summed E-state index contributed by atoms with van der Waals surface area (Å²) in [6, 6.07) is 5.79. The summed E-state index contributed by atoms with van der Waals surface area (Å²) in [6.07, 6.45) is 4.52. The van der Waals surface area contributed by atoms with Crippen LogP contribution in [-0.4, -0.2) is 24.7 Å². The molecule has 0 spiro atoms. The molecule has 2 rings (SSSR count). The molecule has 1 aromatic heterocycles. The van der Waals surface area contributed by atoms with Gasteiger partial charge in [-0.3, -0.25) is 4.79 Å². The van der Waals surface area contributed by atoms with Crippen molar-refractivity contribution < 1.29 is 9.64 Å². The van der Waals surface area contributed by atoms with E-state index < -0.39 is 0 Å². The molecule has 2 N–H and O–H groups in total. The Kier molecular flexibility index (Phi) is 7.51. The molecule has 2 aromatic rings. The van der Waals surface area contributed by atoms with Crippen LogP contribution in [0.5, 0.6) is 5.75 Å². The van der Waals surface area contributed by atoms with E-state index in [9.17, 15) is 4.79 Å². The van der Waals surface area contributed by atoms with Gasteiger partial charge in [0.05, 0.1) is 25.3 Å². The van der Waals surface area contributed by atoms with Crippen molar-refractivity contribution in [2.75, 3.05) is 19.7 Å². The maximum Gasteiger partial charge on any atom is 0.198 e. The van der Waals surface area contributed by atoms with Crippen LogP contribution < -0.4 is 15.1 Å². The zero-order chi connectivity index (χ0) is 18.2. The molecule has 4 nitrogen and oxygen atoms in total. The van der Waals surface area contributed by atoms with Crippen LogP contribution in [0.3, 0.4) is 0 Å². The molecule has 0 fully saturated rings. The first-order chi connectivity index (χ1) is 12.1. The number of hydrogen-bond acceptors (Lipinski definition) is 2. The van der Waals surface area contributed by atoms with E-state index >= 15 is 0 Å². The van der Waals surface area contributed by atoms with Crippen molar-refractivity contribution in [1.82, 2.24) is 4.98 Å². The summed E-state index contributed by atoms with van der Waals surface area (Å²) in [4.78, 5) is 17.9. The Morgan fingerprint density at radius 3 is 2.56 bits per heavy atom. The standard InChI is InChI=1S/C21H32N2O2/c1-5-8-12-23(7-3)15-19-16(4)22-20-11-10-17(25-13-9-6-2)14-18(20)21(19)24/h10-11,14H,5-9,12-13,15H2,1-4H3,(H,22,24)/p+1. The highest BCUT2D eigenvalue weighted by Gasteiger charge is 2.15. The molecule has 1 aromatic carbocycles. The summed E-state index contributed by atoms with van der Waals surface area (Å²) in [5, 5.41) is 0.737. The minimum Gasteiger partial charge on any atom is -0.494 e. The lowest BCUT2D eigenvalue weighted by atomic mass is 10.1. The van der Waals surface area contributed by atoms with Crippen LogP contribution in [0, 0.1) is 6.92 Å². The third-order valence-corrected chi connectivity index (χ3v) is 4.86. The fourth-order valence-corrected chi connectivity index (χ4v) is 3.13. The first-order valence-corrected chi connectivity index (χ1v) is 9.72. The number of fused-ring (bicyclic) bond motifs is 1. The van der Waals surface area contributed by atoms with E-state index in [0.29, 0.717) is 6.61 Å². The van der Waals surface area contributed by atoms with Crippen molar-refractivity contribution in [2.45, 2.75) is 59.9 Å². The van der Waals surface area contributed by atoms with Crippen molar-refractivity contribution in [2.24, 2.45) is 0 Å². The molecule has 0 amide bonds. The normalized spacial score (nSPS) is 12.5. The molecule has 25 heavy (non-hydrogen) atoms. The average Bonchev–Trinajstić information content (AvgIpc) is 2.62. The van der Waals surface area contributed by atoms with Gasteiger partial charge in [0.2, 0.25) is 0 Å². The van der Waals surface area contributed by atoms with Crippen LogP contribution in [0.15, 0.2) is 23.0 Å². The SMILES string of the molecule is CCCCOc1ccc2[nH]c(C)c(C[NH+](CC)CCCC)c(=O)c2c1. The summed E-state index contributed by atoms with van der Waals surface area (Å²) in [5.74, 6) is 0.784. The Morgan fingerprint density at radius 2 is 1.88 bits per heavy atom. The largest absolute Gasteiger partial charge is 0.494 e. The van der Waals surface area contributed by atoms with Crippen LogP contribution in [0.25, 0.3) is 10.9 Å². The van der Waals surface area contributed by atoms with Crippen molar-refractivity contribution in [3.8, 4) is 5.75 Å². The number of benzene rings is 1. The minimum atomic E-state index is 0.148. The lowest BCUT2D eigenvalue weighted by molar-refractivity contribution is -0.912. The number of hydrogen-bond donors (Lipinski definition) is 2. The maximum absolute atomic E-state index is 13.1. The summed E-state index contributed by atoms with van der Waals surface area (Å²) in [6.45, 7) is 12.2. The zero-order valence-corrected chi connectivity index (χ0v) is 16.2. The number of H-pyrrole nitrogens is 1. The second-order valence-corrected chi connectivity index (χ2v) is 6.85. The van der Waals surface area contributed by atoms with Gasteiger partial charge in [-0.05, 0) is 44.9 Å². The molecule has 0 radical (unpaired) electrons. The molecule has 0 aliphatic carbocycles. The van der Waals surface area contributed by atoms with Gasteiger partial charge in [0.25, 0.3) is 0 Å². The summed E-state index contributed by atoms with van der Waals surface area (Å²) in [5.41, 5.74) is 2.93. The van der Waals surface area contributed by atoms with Gasteiger partial charge in [0, 0.05) is 16.6 Å². The molecule has 0 saturated carbocycles. The lowest BCUT2D eigenvalue weighted by Crippen LogP contribution is -3.10. The molecule has 1 atom stereocenters. The van der Waals surface area contributed by atoms with Gasteiger partial charge in [-0.25, -0.2) is 0 Å². The number of nitrogens with one attached hydrogen (secondary N) is 2. The number of aryl methyl sites for hydroxylation is 1. The van der Waals surface area contributed by atoms with Crippen molar-refractivity contribution in [3.05, 3.63) is 39.7 Å². The molecule has 0 bridgehead atoms. The third kappa shape index (κ3) is 5.08. The molecule has 0 saturated heterocycles. The zero-order valence-electron chi connectivity index (χ0n) is 16.2. The number of ether oxygens (including phenoxy) is 1.